The minimum Gasteiger partial charge on any atom is -0.503 e. The number of ether oxygens (including phenoxy) is 1. The number of nitrogens with zero attached hydrogens (tertiary/aromatic N) is 4. The van der Waals surface area contributed by atoms with Crippen molar-refractivity contribution in [3.8, 4) is 11.5 Å². The summed E-state index contributed by atoms with van der Waals surface area (Å²) in [6.45, 7) is 0. The van der Waals surface area contributed by atoms with Crippen LogP contribution in [0, 0.1) is 0 Å². The molecule has 1 saturated heterocycles. The lowest BCUT2D eigenvalue weighted by Gasteiger charge is -2.49. The molecule has 39 heavy (non-hydrogen) atoms. The lowest BCUT2D eigenvalue weighted by Crippen LogP contribution is -2.67. The van der Waals surface area contributed by atoms with Gasteiger partial charge in [-0.1, -0.05) is 72.0 Å². The molecule has 198 valence electrons. The number of carbonyl (C=O) groups is 1. The Labute approximate surface area is 236 Å². The Morgan fingerprint density at radius 2 is 1.64 bits per heavy atom. The van der Waals surface area contributed by atoms with Crippen molar-refractivity contribution in [2.24, 2.45) is 4.99 Å². The summed E-state index contributed by atoms with van der Waals surface area (Å²) in [5.74, 6) is 0.258. The summed E-state index contributed by atoms with van der Waals surface area (Å²) in [5, 5.41) is 10.2. The minimum atomic E-state index is -1.23. The van der Waals surface area contributed by atoms with Crippen LogP contribution in [0.25, 0.3) is 6.08 Å². The van der Waals surface area contributed by atoms with E-state index in [2.05, 4.69) is 21.4 Å². The molecule has 0 radical (unpaired) electrons. The number of hydrogen-bond donors (Lipinski definition) is 2. The highest BCUT2D eigenvalue weighted by atomic mass is 79.9. The highest BCUT2D eigenvalue weighted by Gasteiger charge is 2.69. The number of aromatic nitrogens is 1. The van der Waals surface area contributed by atoms with Gasteiger partial charge in [-0.05, 0) is 39.7 Å². The predicted molar refractivity (Wildman–Crippen MR) is 152 cm³/mol. The van der Waals surface area contributed by atoms with Crippen LogP contribution >= 0.6 is 27.3 Å². The summed E-state index contributed by atoms with van der Waals surface area (Å²) in [6, 6.07) is 22.3. The van der Waals surface area contributed by atoms with Crippen LogP contribution in [0.4, 0.5) is 4.79 Å². The van der Waals surface area contributed by atoms with Gasteiger partial charge in [-0.2, -0.15) is 4.68 Å². The summed E-state index contributed by atoms with van der Waals surface area (Å²) < 4.78 is 7.55. The summed E-state index contributed by atoms with van der Waals surface area (Å²) in [6.07, 6.45) is 1.72. The zero-order valence-corrected chi connectivity index (χ0v) is 23.7. The molecular weight excluding hydrogens is 582 g/mol. The maximum Gasteiger partial charge on any atom is 0.324 e. The van der Waals surface area contributed by atoms with E-state index >= 15 is 0 Å². The normalized spacial score (nSPS) is 22.3. The van der Waals surface area contributed by atoms with Crippen molar-refractivity contribution in [3.05, 3.63) is 114 Å². The van der Waals surface area contributed by atoms with Gasteiger partial charge in [0.15, 0.2) is 11.5 Å². The van der Waals surface area contributed by atoms with Crippen molar-refractivity contribution in [2.45, 2.75) is 11.3 Å². The summed E-state index contributed by atoms with van der Waals surface area (Å²) in [5.41, 5.74) is 2.91. The van der Waals surface area contributed by atoms with E-state index in [9.17, 15) is 14.7 Å². The predicted octanol–water partition coefficient (Wildman–Crippen LogP) is 3.10. The molecule has 3 aromatic carbocycles. The van der Waals surface area contributed by atoms with Gasteiger partial charge in [-0.25, -0.2) is 9.79 Å². The van der Waals surface area contributed by atoms with Gasteiger partial charge >= 0.3 is 6.03 Å². The quantitative estimate of drug-likeness (QED) is 0.372. The van der Waals surface area contributed by atoms with Gasteiger partial charge in [0.2, 0.25) is 16.1 Å². The van der Waals surface area contributed by atoms with Crippen LogP contribution in [0.2, 0.25) is 0 Å². The molecule has 0 aliphatic carbocycles. The fourth-order valence-corrected chi connectivity index (χ4v) is 6.93. The van der Waals surface area contributed by atoms with Crippen LogP contribution in [0.15, 0.2) is 87.1 Å². The van der Waals surface area contributed by atoms with Crippen molar-refractivity contribution in [2.75, 3.05) is 26.6 Å². The van der Waals surface area contributed by atoms with Crippen molar-refractivity contribution >= 4 is 39.4 Å². The number of thiazole rings is 1. The molecule has 2 N–H and O–H groups in total. The lowest BCUT2D eigenvalue weighted by molar-refractivity contribution is 0.0648. The van der Waals surface area contributed by atoms with Gasteiger partial charge in [0.05, 0.1) is 16.1 Å². The first kappa shape index (κ1) is 25.2. The summed E-state index contributed by atoms with van der Waals surface area (Å²) in [7, 11) is 4.91. The van der Waals surface area contributed by atoms with Crippen molar-refractivity contribution < 1.29 is 14.6 Å². The number of carbonyl (C=O) groups excluding carboxylic acids is 1. The number of aromatic hydroxyl groups is 1. The number of phenols is 1. The standard InChI is InChI=1S/C28H24BrN5O4S/c1-32-26(37)33(2)28(19-12-8-5-9-13-19)27(32,18-10-6-4-7-11-18)30-25-34(31-28)24(36)22(39-25)16-17-14-20(29)23(35)21(15-17)38-3/h4-16,31,35H,1-3H3. The monoisotopic (exact) mass is 605 g/mol. The molecule has 1 fully saturated rings. The van der Waals surface area contributed by atoms with E-state index in [4.69, 9.17) is 9.73 Å². The van der Waals surface area contributed by atoms with Crippen molar-refractivity contribution in [1.29, 1.82) is 0 Å². The average Bonchev–Trinajstić information content (AvgIpc) is 3.34. The molecule has 9 nitrogen and oxygen atoms in total. The molecule has 0 bridgehead atoms. The van der Waals surface area contributed by atoms with E-state index in [1.807, 2.05) is 60.7 Å². The number of phenolic OH excluding ortho intramolecular Hbond substituents is 1. The van der Waals surface area contributed by atoms with Gasteiger partial charge in [0.1, 0.15) is 0 Å². The average molecular weight is 607 g/mol. The molecular formula is C28H24BrN5O4S. The Kier molecular flexibility index (Phi) is 5.81. The maximum atomic E-state index is 13.8. The topological polar surface area (TPSA) is 99.4 Å². The molecule has 0 spiro atoms. The van der Waals surface area contributed by atoms with Crippen LogP contribution in [0.5, 0.6) is 11.5 Å². The second kappa shape index (κ2) is 8.99. The molecule has 2 amide bonds. The fourth-order valence-electron chi connectivity index (χ4n) is 5.50. The van der Waals surface area contributed by atoms with Crippen molar-refractivity contribution in [3.63, 3.8) is 0 Å². The van der Waals surface area contributed by atoms with Gasteiger partial charge in [0, 0.05) is 25.2 Å². The zero-order chi connectivity index (χ0) is 27.5. The van der Waals surface area contributed by atoms with E-state index < -0.39 is 11.3 Å². The number of nitrogens with one attached hydrogen (secondary N) is 1. The molecule has 3 heterocycles. The third-order valence-corrected chi connectivity index (χ3v) is 8.91. The summed E-state index contributed by atoms with van der Waals surface area (Å²) >= 11 is 4.55. The third kappa shape index (κ3) is 3.39. The summed E-state index contributed by atoms with van der Waals surface area (Å²) in [4.78, 5) is 36.3. The molecule has 1 aromatic heterocycles. The number of amides is 2. The number of methoxy groups -OCH3 is 1. The molecule has 0 saturated carbocycles. The number of halogens is 1. The van der Waals surface area contributed by atoms with Crippen molar-refractivity contribution in [1.82, 2.24) is 14.5 Å². The maximum absolute atomic E-state index is 13.8. The minimum absolute atomic E-state index is 0.0216. The van der Waals surface area contributed by atoms with Crippen LogP contribution in [0.3, 0.4) is 0 Å². The smallest absolute Gasteiger partial charge is 0.324 e. The molecule has 2 atom stereocenters. The number of urea groups is 1. The van der Waals surface area contributed by atoms with Crippen LogP contribution < -0.4 is 25.1 Å². The Bertz CT molecular complexity index is 1790. The van der Waals surface area contributed by atoms with E-state index in [0.717, 1.165) is 11.1 Å². The highest BCUT2D eigenvalue weighted by molar-refractivity contribution is 9.10. The molecule has 2 aliphatic heterocycles. The molecule has 11 heteroatoms. The number of hydrogen-bond acceptors (Lipinski definition) is 7. The van der Waals surface area contributed by atoms with Gasteiger partial charge in [-0.15, -0.1) is 0 Å². The van der Waals surface area contributed by atoms with Gasteiger partial charge in [-0.3, -0.25) is 20.0 Å². The lowest BCUT2D eigenvalue weighted by atomic mass is 9.80. The van der Waals surface area contributed by atoms with E-state index in [1.165, 1.54) is 23.1 Å². The van der Waals surface area contributed by atoms with E-state index in [1.54, 1.807) is 42.1 Å². The molecule has 2 unspecified atom stereocenters. The zero-order valence-electron chi connectivity index (χ0n) is 21.3. The van der Waals surface area contributed by atoms with Crippen LogP contribution in [-0.4, -0.2) is 46.8 Å². The second-order valence-electron chi connectivity index (χ2n) is 9.33. The number of benzene rings is 3. The number of rotatable bonds is 4. The van der Waals surface area contributed by atoms with Gasteiger partial charge < -0.3 is 9.84 Å². The molecule has 2 aliphatic rings. The number of fused-ring (bicyclic) bond motifs is 2. The van der Waals surface area contributed by atoms with Crippen LogP contribution in [0.1, 0.15) is 16.7 Å². The first-order valence-corrected chi connectivity index (χ1v) is 13.7. The molecule has 4 aromatic rings. The van der Waals surface area contributed by atoms with E-state index in [-0.39, 0.29) is 23.1 Å². The highest BCUT2D eigenvalue weighted by Crippen LogP contribution is 2.53. The Morgan fingerprint density at radius 1 is 1.00 bits per heavy atom. The Morgan fingerprint density at radius 3 is 2.28 bits per heavy atom. The Hall–Kier alpha value is -4.09. The first-order valence-electron chi connectivity index (χ1n) is 12.1. The second-order valence-corrected chi connectivity index (χ2v) is 11.2. The third-order valence-electron chi connectivity index (χ3n) is 7.34. The first-order chi connectivity index (χ1) is 18.7. The largest absolute Gasteiger partial charge is 0.503 e. The Balaban J connectivity index is 1.67. The van der Waals surface area contributed by atoms with Gasteiger partial charge in [0.25, 0.3) is 5.56 Å². The van der Waals surface area contributed by atoms with Crippen LogP contribution in [-0.2, 0) is 11.3 Å². The number of likely N-dealkylation sites (N-methyl/N-ethyl adjacent to an activating group) is 2. The van der Waals surface area contributed by atoms with E-state index in [0.29, 0.717) is 19.4 Å². The molecule has 6 rings (SSSR count). The SMILES string of the molecule is COc1cc(C=c2sc3n(c2=O)NC2(c4ccccc4)N(C)C(=O)N(C)C2(c2ccccc2)N=3)cc(Br)c1O. The fraction of sp³-hybridized carbons (Fsp3) is 0.179.